The van der Waals surface area contributed by atoms with Crippen LogP contribution in [0.1, 0.15) is 77.6 Å². The van der Waals surface area contributed by atoms with Crippen LogP contribution in [0.25, 0.3) is 0 Å². The molecule has 128 valence electrons. The van der Waals surface area contributed by atoms with Gasteiger partial charge in [0.2, 0.25) is 0 Å². The normalized spacial score (nSPS) is 11.1. The molecule has 22 heavy (non-hydrogen) atoms. The largest absolute Gasteiger partial charge is 0.478 e. The number of nitrogens with one attached hydrogen (secondary N) is 1. The number of unbranched alkanes of at least 4 members (excludes halogenated alkanes) is 8. The predicted molar refractivity (Wildman–Crippen MR) is 91.1 cm³/mol. The lowest BCUT2D eigenvalue weighted by atomic mass is 10.1. The maximum atomic E-state index is 11.3. The fourth-order valence-electron chi connectivity index (χ4n) is 2.31. The number of hydrogen-bond acceptors (Lipinski definition) is 3. The van der Waals surface area contributed by atoms with Gasteiger partial charge in [-0.2, -0.15) is 0 Å². The molecule has 2 N–H and O–H groups in total. The molecule has 0 aliphatic rings. The van der Waals surface area contributed by atoms with Crippen molar-refractivity contribution in [3.8, 4) is 0 Å². The van der Waals surface area contributed by atoms with E-state index in [1.807, 2.05) is 0 Å². The van der Waals surface area contributed by atoms with Gasteiger partial charge in [0.1, 0.15) is 0 Å². The van der Waals surface area contributed by atoms with Crippen molar-refractivity contribution in [3.63, 3.8) is 0 Å². The van der Waals surface area contributed by atoms with Crippen molar-refractivity contribution in [3.05, 3.63) is 12.2 Å². The lowest BCUT2D eigenvalue weighted by Crippen LogP contribution is -2.16. The molecular weight excluding hydrogens is 278 g/mol. The molecule has 4 nitrogen and oxygen atoms in total. The highest BCUT2D eigenvalue weighted by atomic mass is 16.4. The first-order valence-electron chi connectivity index (χ1n) is 8.81. The summed E-state index contributed by atoms with van der Waals surface area (Å²) in [6.07, 6.45) is 14.6. The summed E-state index contributed by atoms with van der Waals surface area (Å²) in [5, 5.41) is 11.9. The Morgan fingerprint density at radius 2 is 1.36 bits per heavy atom. The standard InChI is InChI=1S/C18H33NO3/c1-2-3-4-7-10-15-19-16-11-8-5-6-9-12-17(20)13-14-18(21)22/h13-14,19H,2-12,15-16H2,1H3,(H,21,22). The number of hydrogen-bond donors (Lipinski definition) is 2. The second-order valence-corrected chi connectivity index (χ2v) is 5.82. The fourth-order valence-corrected chi connectivity index (χ4v) is 2.31. The number of carboxylic acids is 1. The van der Waals surface area contributed by atoms with E-state index in [4.69, 9.17) is 5.11 Å². The molecule has 0 saturated carbocycles. The minimum Gasteiger partial charge on any atom is -0.478 e. The third kappa shape index (κ3) is 16.9. The van der Waals surface area contributed by atoms with Gasteiger partial charge in [0, 0.05) is 12.5 Å². The zero-order valence-corrected chi connectivity index (χ0v) is 14.1. The Morgan fingerprint density at radius 1 is 0.818 bits per heavy atom. The van der Waals surface area contributed by atoms with Crippen LogP contribution in [0.3, 0.4) is 0 Å². The Labute approximate surface area is 135 Å². The van der Waals surface area contributed by atoms with E-state index < -0.39 is 5.97 Å². The first-order chi connectivity index (χ1) is 10.7. The van der Waals surface area contributed by atoms with Gasteiger partial charge >= 0.3 is 5.97 Å². The number of rotatable bonds is 16. The van der Waals surface area contributed by atoms with Crippen molar-refractivity contribution in [2.45, 2.75) is 77.6 Å². The van der Waals surface area contributed by atoms with E-state index >= 15 is 0 Å². The monoisotopic (exact) mass is 311 g/mol. The van der Waals surface area contributed by atoms with Crippen molar-refractivity contribution >= 4 is 11.8 Å². The number of aliphatic carboxylic acids is 1. The Kier molecular flexibility index (Phi) is 15.4. The molecule has 0 radical (unpaired) electrons. The fraction of sp³-hybridized carbons (Fsp3) is 0.778. The third-order valence-electron chi connectivity index (χ3n) is 3.65. The SMILES string of the molecule is CCCCCCCNCCCCCCCC(=O)C=CC(=O)O. The van der Waals surface area contributed by atoms with E-state index in [1.165, 1.54) is 44.9 Å². The first-order valence-corrected chi connectivity index (χ1v) is 8.81. The molecule has 0 saturated heterocycles. The molecule has 0 atom stereocenters. The number of carboxylic acid groups (broad SMARTS) is 1. The Bertz CT molecular complexity index is 313. The summed E-state index contributed by atoms with van der Waals surface area (Å²) in [6.45, 7) is 4.46. The topological polar surface area (TPSA) is 66.4 Å². The van der Waals surface area contributed by atoms with Crippen LogP contribution in [0.5, 0.6) is 0 Å². The Morgan fingerprint density at radius 3 is 1.95 bits per heavy atom. The average Bonchev–Trinajstić information content (AvgIpc) is 2.49. The van der Waals surface area contributed by atoms with E-state index in [1.54, 1.807) is 0 Å². The summed E-state index contributed by atoms with van der Waals surface area (Å²) in [4.78, 5) is 21.5. The van der Waals surface area contributed by atoms with Crippen LogP contribution in [0.2, 0.25) is 0 Å². The maximum Gasteiger partial charge on any atom is 0.328 e. The molecule has 0 heterocycles. The van der Waals surface area contributed by atoms with Crippen LogP contribution < -0.4 is 5.32 Å². The summed E-state index contributed by atoms with van der Waals surface area (Å²) in [5.41, 5.74) is 0. The molecule has 0 aromatic rings. The van der Waals surface area contributed by atoms with Crippen LogP contribution in [0, 0.1) is 0 Å². The molecule has 0 bridgehead atoms. The van der Waals surface area contributed by atoms with Crippen LogP contribution >= 0.6 is 0 Å². The predicted octanol–water partition coefficient (Wildman–Crippen LogP) is 4.10. The highest BCUT2D eigenvalue weighted by Gasteiger charge is 1.98. The summed E-state index contributed by atoms with van der Waals surface area (Å²) >= 11 is 0. The van der Waals surface area contributed by atoms with Crippen LogP contribution in [-0.4, -0.2) is 29.9 Å². The van der Waals surface area contributed by atoms with Gasteiger partial charge in [-0.05, 0) is 38.4 Å². The van der Waals surface area contributed by atoms with E-state index in [-0.39, 0.29) is 5.78 Å². The lowest BCUT2D eigenvalue weighted by Gasteiger charge is -2.04. The van der Waals surface area contributed by atoms with E-state index in [9.17, 15) is 9.59 Å². The Hall–Kier alpha value is -1.16. The molecule has 0 aromatic carbocycles. The second kappa shape index (κ2) is 16.2. The highest BCUT2D eigenvalue weighted by Crippen LogP contribution is 2.06. The van der Waals surface area contributed by atoms with Gasteiger partial charge in [-0.25, -0.2) is 4.79 Å². The van der Waals surface area contributed by atoms with Crippen molar-refractivity contribution in [2.75, 3.05) is 13.1 Å². The van der Waals surface area contributed by atoms with Gasteiger partial charge in [-0.15, -0.1) is 0 Å². The van der Waals surface area contributed by atoms with Gasteiger partial charge in [0.15, 0.2) is 5.78 Å². The molecule has 0 spiro atoms. The molecule has 0 unspecified atom stereocenters. The zero-order chi connectivity index (χ0) is 16.5. The third-order valence-corrected chi connectivity index (χ3v) is 3.65. The molecule has 0 fully saturated rings. The number of ketones is 1. The average molecular weight is 311 g/mol. The van der Waals surface area contributed by atoms with Crippen LogP contribution in [-0.2, 0) is 9.59 Å². The zero-order valence-electron chi connectivity index (χ0n) is 14.1. The summed E-state index contributed by atoms with van der Waals surface area (Å²) in [6, 6.07) is 0. The van der Waals surface area contributed by atoms with Gasteiger partial charge in [0.25, 0.3) is 0 Å². The Balaban J connectivity index is 3.17. The summed E-state index contributed by atoms with van der Waals surface area (Å²) in [7, 11) is 0. The van der Waals surface area contributed by atoms with Gasteiger partial charge in [0.05, 0.1) is 0 Å². The van der Waals surface area contributed by atoms with Crippen molar-refractivity contribution in [1.29, 1.82) is 0 Å². The van der Waals surface area contributed by atoms with Crippen LogP contribution in [0.15, 0.2) is 12.2 Å². The smallest absolute Gasteiger partial charge is 0.328 e. The van der Waals surface area contributed by atoms with Gasteiger partial charge in [-0.1, -0.05) is 51.9 Å². The van der Waals surface area contributed by atoms with Crippen molar-refractivity contribution in [1.82, 2.24) is 5.32 Å². The summed E-state index contributed by atoms with van der Waals surface area (Å²) in [5.74, 6) is -1.15. The molecule has 0 aromatic heterocycles. The minimum absolute atomic E-state index is 0.0906. The molecule has 0 aliphatic heterocycles. The lowest BCUT2D eigenvalue weighted by molar-refractivity contribution is -0.131. The van der Waals surface area contributed by atoms with E-state index in [2.05, 4.69) is 12.2 Å². The van der Waals surface area contributed by atoms with Crippen molar-refractivity contribution < 1.29 is 14.7 Å². The number of allylic oxidation sites excluding steroid dienone is 1. The molecular formula is C18H33NO3. The first kappa shape index (κ1) is 20.8. The molecule has 0 aliphatic carbocycles. The van der Waals surface area contributed by atoms with Crippen molar-refractivity contribution in [2.24, 2.45) is 0 Å². The maximum absolute atomic E-state index is 11.3. The van der Waals surface area contributed by atoms with Gasteiger partial charge < -0.3 is 10.4 Å². The van der Waals surface area contributed by atoms with E-state index in [0.29, 0.717) is 6.42 Å². The molecule has 4 heteroatoms. The number of carbonyl (C=O) groups is 2. The molecule has 0 rings (SSSR count). The molecule has 0 amide bonds. The minimum atomic E-state index is -1.06. The summed E-state index contributed by atoms with van der Waals surface area (Å²) < 4.78 is 0. The highest BCUT2D eigenvalue weighted by molar-refractivity contribution is 5.95. The number of carbonyl (C=O) groups excluding carboxylic acids is 1. The second-order valence-electron chi connectivity index (χ2n) is 5.82. The quantitative estimate of drug-likeness (QED) is 0.333. The van der Waals surface area contributed by atoms with Crippen LogP contribution in [0.4, 0.5) is 0 Å². The van der Waals surface area contributed by atoms with Gasteiger partial charge in [-0.3, -0.25) is 4.79 Å². The van der Waals surface area contributed by atoms with E-state index in [0.717, 1.165) is 44.5 Å².